The molecule has 26 heavy (non-hydrogen) atoms. The van der Waals surface area contributed by atoms with Crippen molar-refractivity contribution in [3.8, 4) is 5.75 Å². The summed E-state index contributed by atoms with van der Waals surface area (Å²) in [6, 6.07) is 9.09. The van der Waals surface area contributed by atoms with E-state index in [1.165, 1.54) is 12.7 Å². The summed E-state index contributed by atoms with van der Waals surface area (Å²) in [5.74, 6) is 0.332. The van der Waals surface area contributed by atoms with Gasteiger partial charge in [0.1, 0.15) is 10.6 Å². The van der Waals surface area contributed by atoms with Crippen molar-refractivity contribution >= 4 is 31.6 Å². The topological polar surface area (TPSA) is 58.6 Å². The molecule has 2 aromatic rings. The van der Waals surface area contributed by atoms with Crippen LogP contribution in [0.5, 0.6) is 5.75 Å². The van der Waals surface area contributed by atoms with Crippen molar-refractivity contribution in [1.29, 1.82) is 0 Å². The average Bonchev–Trinajstić information content (AvgIpc) is 3.00. The van der Waals surface area contributed by atoms with E-state index in [-0.39, 0.29) is 4.90 Å². The van der Waals surface area contributed by atoms with Crippen LogP contribution in [0.15, 0.2) is 39.7 Å². The fourth-order valence-electron chi connectivity index (χ4n) is 3.27. The Morgan fingerprint density at radius 3 is 2.73 bits per heavy atom. The van der Waals surface area contributed by atoms with Crippen molar-refractivity contribution in [2.45, 2.75) is 38.3 Å². The van der Waals surface area contributed by atoms with Gasteiger partial charge in [0, 0.05) is 17.6 Å². The van der Waals surface area contributed by atoms with Crippen LogP contribution in [0.2, 0.25) is 0 Å². The second-order valence-corrected chi connectivity index (χ2v) is 9.02. The lowest BCUT2D eigenvalue weighted by Crippen LogP contribution is -2.18. The van der Waals surface area contributed by atoms with E-state index in [1.807, 2.05) is 19.1 Å². The molecular weight excluding hydrogens is 416 g/mol. The molecule has 1 heterocycles. The van der Waals surface area contributed by atoms with E-state index in [0.29, 0.717) is 11.4 Å². The number of hydrogen-bond donors (Lipinski definition) is 1. The minimum absolute atomic E-state index is 0.124. The van der Waals surface area contributed by atoms with Gasteiger partial charge >= 0.3 is 0 Å². The predicted octanol–water partition coefficient (Wildman–Crippen LogP) is 4.29. The first-order chi connectivity index (χ1) is 12.4. The minimum atomic E-state index is -3.77. The lowest BCUT2D eigenvalue weighted by atomic mass is 10.1. The molecule has 1 aliphatic rings. The smallest absolute Gasteiger partial charge is 0.265 e. The lowest BCUT2D eigenvalue weighted by Gasteiger charge is -2.16. The number of halogens is 1. The Balaban J connectivity index is 1.96. The third kappa shape index (κ3) is 3.75. The third-order valence-electron chi connectivity index (χ3n) is 4.57. The number of nitrogens with zero attached hydrogens (tertiary/aromatic N) is 1. The maximum absolute atomic E-state index is 13.0. The second-order valence-electron chi connectivity index (χ2n) is 6.51. The molecule has 0 radical (unpaired) electrons. The molecule has 0 spiro atoms. The van der Waals surface area contributed by atoms with Crippen molar-refractivity contribution in [1.82, 2.24) is 4.90 Å². The number of rotatable bonds is 6. The summed E-state index contributed by atoms with van der Waals surface area (Å²) in [6.07, 6.45) is 1.07. The van der Waals surface area contributed by atoms with Gasteiger partial charge in [-0.15, -0.1) is 0 Å². The van der Waals surface area contributed by atoms with Crippen LogP contribution in [-0.2, 0) is 23.1 Å². The van der Waals surface area contributed by atoms with Crippen molar-refractivity contribution in [3.05, 3.63) is 51.5 Å². The standard InChI is InChI=1S/C19H23BrN2O3S/c1-4-8-22-11-14-6-5-7-17(15(14)12-22)21-26(23,24)19-10-16(20)13(2)9-18(19)25-3/h5-7,9-10,21H,4,8,11-12H2,1-3H3. The van der Waals surface area contributed by atoms with Gasteiger partial charge < -0.3 is 4.74 Å². The van der Waals surface area contributed by atoms with Crippen molar-refractivity contribution < 1.29 is 13.2 Å². The fraction of sp³-hybridized carbons (Fsp3) is 0.368. The molecule has 5 nitrogen and oxygen atoms in total. The molecule has 0 amide bonds. The molecule has 1 N–H and O–H groups in total. The highest BCUT2D eigenvalue weighted by Gasteiger charge is 2.26. The monoisotopic (exact) mass is 438 g/mol. The number of anilines is 1. The van der Waals surface area contributed by atoms with Crippen molar-refractivity contribution in [3.63, 3.8) is 0 Å². The average molecular weight is 439 g/mol. The van der Waals surface area contributed by atoms with Crippen molar-refractivity contribution in [2.24, 2.45) is 0 Å². The lowest BCUT2D eigenvalue weighted by molar-refractivity contribution is 0.285. The minimum Gasteiger partial charge on any atom is -0.495 e. The van der Waals surface area contributed by atoms with Crippen LogP contribution in [0.25, 0.3) is 0 Å². The number of nitrogens with one attached hydrogen (secondary N) is 1. The van der Waals surface area contributed by atoms with E-state index in [0.717, 1.165) is 41.7 Å². The van der Waals surface area contributed by atoms with E-state index in [9.17, 15) is 8.42 Å². The molecule has 0 fully saturated rings. The Morgan fingerprint density at radius 2 is 2.04 bits per heavy atom. The quantitative estimate of drug-likeness (QED) is 0.730. The van der Waals surface area contributed by atoms with Crippen LogP contribution in [-0.4, -0.2) is 27.0 Å². The molecule has 0 unspecified atom stereocenters. The number of fused-ring (bicyclic) bond motifs is 1. The maximum Gasteiger partial charge on any atom is 0.265 e. The number of aryl methyl sites for hydroxylation is 1. The predicted molar refractivity (Wildman–Crippen MR) is 107 cm³/mol. The number of ether oxygens (including phenoxy) is 1. The zero-order valence-electron chi connectivity index (χ0n) is 15.2. The molecule has 140 valence electrons. The van der Waals surface area contributed by atoms with E-state index in [1.54, 1.807) is 12.1 Å². The van der Waals surface area contributed by atoms with E-state index < -0.39 is 10.0 Å². The van der Waals surface area contributed by atoms with Gasteiger partial charge in [0.25, 0.3) is 10.0 Å². The van der Waals surface area contributed by atoms with E-state index in [4.69, 9.17) is 4.74 Å². The number of hydrogen-bond acceptors (Lipinski definition) is 4. The van der Waals surface area contributed by atoms with Gasteiger partial charge in [0.05, 0.1) is 12.8 Å². The summed E-state index contributed by atoms with van der Waals surface area (Å²) in [5, 5.41) is 0. The third-order valence-corrected chi connectivity index (χ3v) is 6.81. The van der Waals surface area contributed by atoms with Crippen LogP contribution in [0.4, 0.5) is 5.69 Å². The molecule has 0 aliphatic carbocycles. The SMILES string of the molecule is CCCN1Cc2cccc(NS(=O)(=O)c3cc(Br)c(C)cc3OC)c2C1. The molecule has 3 rings (SSSR count). The molecule has 0 saturated carbocycles. The summed E-state index contributed by atoms with van der Waals surface area (Å²) in [4.78, 5) is 2.45. The number of benzene rings is 2. The van der Waals surface area contributed by atoms with Gasteiger partial charge in [-0.25, -0.2) is 8.42 Å². The molecule has 7 heteroatoms. The summed E-state index contributed by atoms with van der Waals surface area (Å²) in [7, 11) is -2.29. The Labute approximate surface area is 163 Å². The van der Waals surface area contributed by atoms with Crippen LogP contribution in [0, 0.1) is 6.92 Å². The molecule has 1 aliphatic heterocycles. The number of sulfonamides is 1. The maximum atomic E-state index is 13.0. The summed E-state index contributed by atoms with van der Waals surface area (Å²) in [5.41, 5.74) is 3.78. The Bertz CT molecular complexity index is 929. The van der Waals surface area contributed by atoms with Gasteiger partial charge in [-0.2, -0.15) is 0 Å². The highest BCUT2D eigenvalue weighted by Crippen LogP contribution is 2.34. The van der Waals surface area contributed by atoms with Crippen molar-refractivity contribution in [2.75, 3.05) is 18.4 Å². The second kappa shape index (κ2) is 7.58. The molecule has 0 saturated heterocycles. The number of methoxy groups -OCH3 is 1. The normalized spacial score (nSPS) is 14.3. The van der Waals surface area contributed by atoms with Crippen LogP contribution in [0.3, 0.4) is 0 Å². The molecule has 0 bridgehead atoms. The van der Waals surface area contributed by atoms with E-state index in [2.05, 4.69) is 38.5 Å². The highest BCUT2D eigenvalue weighted by molar-refractivity contribution is 9.10. The fourth-order valence-corrected chi connectivity index (χ4v) is 5.03. The van der Waals surface area contributed by atoms with Crippen LogP contribution in [0.1, 0.15) is 30.0 Å². The summed E-state index contributed by atoms with van der Waals surface area (Å²) >= 11 is 3.41. The van der Waals surface area contributed by atoms with Gasteiger partial charge in [-0.1, -0.05) is 35.0 Å². The first kappa shape index (κ1) is 19.2. The Hall–Kier alpha value is -1.57. The van der Waals surface area contributed by atoms with E-state index >= 15 is 0 Å². The first-order valence-electron chi connectivity index (χ1n) is 8.55. The van der Waals surface area contributed by atoms with Gasteiger partial charge in [-0.3, -0.25) is 9.62 Å². The molecule has 2 aromatic carbocycles. The van der Waals surface area contributed by atoms with Gasteiger partial charge in [0.2, 0.25) is 0 Å². The largest absolute Gasteiger partial charge is 0.495 e. The Morgan fingerprint density at radius 1 is 1.27 bits per heavy atom. The first-order valence-corrected chi connectivity index (χ1v) is 10.8. The van der Waals surface area contributed by atoms with Crippen LogP contribution < -0.4 is 9.46 Å². The van der Waals surface area contributed by atoms with Gasteiger partial charge in [0.15, 0.2) is 0 Å². The molecule has 0 aromatic heterocycles. The Kier molecular flexibility index (Phi) is 5.60. The molecular formula is C19H23BrN2O3S. The highest BCUT2D eigenvalue weighted by atomic mass is 79.9. The summed E-state index contributed by atoms with van der Waals surface area (Å²) < 4.78 is 34.8. The zero-order chi connectivity index (χ0) is 18.9. The summed E-state index contributed by atoms with van der Waals surface area (Å²) in [6.45, 7) is 6.66. The van der Waals surface area contributed by atoms with Gasteiger partial charge in [-0.05, 0) is 54.8 Å². The molecule has 0 atom stereocenters. The zero-order valence-corrected chi connectivity index (χ0v) is 17.6. The van der Waals surface area contributed by atoms with Crippen LogP contribution >= 0.6 is 15.9 Å².